The van der Waals surface area contributed by atoms with Gasteiger partial charge in [0, 0.05) is 31.9 Å². The lowest BCUT2D eigenvalue weighted by Gasteiger charge is -2.44. The van der Waals surface area contributed by atoms with Gasteiger partial charge in [0.15, 0.2) is 0 Å². The van der Waals surface area contributed by atoms with Gasteiger partial charge in [-0.05, 0) is 128 Å². The molecule has 1 aliphatic heterocycles. The first-order valence-corrected chi connectivity index (χ1v) is 20.2. The van der Waals surface area contributed by atoms with E-state index >= 15 is 0 Å². The Bertz CT molecular complexity index is 3100. The van der Waals surface area contributed by atoms with Crippen LogP contribution in [0.15, 0.2) is 175 Å². The van der Waals surface area contributed by atoms with E-state index in [1.165, 1.54) is 104 Å². The number of hydrogen-bond donors (Lipinski definition) is 0. The van der Waals surface area contributed by atoms with Crippen molar-refractivity contribution in [2.24, 2.45) is 0 Å². The molecule has 4 heterocycles. The zero-order chi connectivity index (χ0) is 35.5. The van der Waals surface area contributed by atoms with Crippen LogP contribution in [0.5, 0.6) is 0 Å². The monoisotopic (exact) mass is 724 g/mol. The van der Waals surface area contributed by atoms with Crippen LogP contribution >= 0.6 is 22.7 Å². The molecule has 0 fully saturated rings. The molecule has 0 saturated heterocycles. The van der Waals surface area contributed by atoms with Crippen LogP contribution in [0.2, 0.25) is 0 Å². The summed E-state index contributed by atoms with van der Waals surface area (Å²) in [5.74, 6) is 0. The fourth-order valence-electron chi connectivity index (χ4n) is 9.64. The first kappa shape index (κ1) is 30.3. The summed E-state index contributed by atoms with van der Waals surface area (Å²) in [4.78, 5) is 5.33. The number of thiophene rings is 2. The Labute approximate surface area is 321 Å². The molecule has 0 bridgehead atoms. The summed E-state index contributed by atoms with van der Waals surface area (Å²) >= 11 is 3.75. The van der Waals surface area contributed by atoms with Crippen molar-refractivity contribution in [3.8, 4) is 26.6 Å². The minimum Gasteiger partial charge on any atom is -0.310 e. The third-order valence-electron chi connectivity index (χ3n) is 11.9. The molecule has 4 heteroatoms. The molecule has 0 unspecified atom stereocenters. The van der Waals surface area contributed by atoms with Crippen molar-refractivity contribution in [2.75, 3.05) is 4.90 Å². The predicted octanol–water partition coefficient (Wildman–Crippen LogP) is 14.2. The number of nitrogens with zero attached hydrogens (tertiary/aromatic N) is 2. The zero-order valence-corrected chi connectivity index (χ0v) is 31.1. The summed E-state index contributed by atoms with van der Waals surface area (Å²) in [6.45, 7) is 2.25. The Kier molecular flexibility index (Phi) is 6.26. The first-order chi connectivity index (χ1) is 26.7. The lowest BCUT2D eigenvalue weighted by atomic mass is 9.65. The second kappa shape index (κ2) is 11.2. The van der Waals surface area contributed by atoms with Crippen LogP contribution in [0.1, 0.15) is 27.8 Å². The summed E-state index contributed by atoms with van der Waals surface area (Å²) in [6.07, 6.45) is 0. The number of anilines is 3. The van der Waals surface area contributed by atoms with Gasteiger partial charge in [-0.25, -0.2) is 0 Å². The molecule has 0 saturated carbocycles. The molecule has 0 N–H and O–H groups in total. The van der Waals surface area contributed by atoms with E-state index in [0.29, 0.717) is 0 Å². The van der Waals surface area contributed by atoms with Gasteiger partial charge in [-0.1, -0.05) is 103 Å². The number of aryl methyl sites for hydroxylation is 1. The van der Waals surface area contributed by atoms with E-state index in [1.807, 2.05) is 22.7 Å². The van der Waals surface area contributed by atoms with Crippen molar-refractivity contribution in [3.05, 3.63) is 202 Å². The Balaban J connectivity index is 1.21. The highest BCUT2D eigenvalue weighted by Crippen LogP contribution is 2.66. The molecule has 7 aromatic carbocycles. The van der Waals surface area contributed by atoms with Crippen molar-refractivity contribution in [1.82, 2.24) is 4.57 Å². The summed E-state index contributed by atoms with van der Waals surface area (Å²) in [5, 5.41) is 9.58. The van der Waals surface area contributed by atoms with Gasteiger partial charge in [0.1, 0.15) is 0 Å². The Morgan fingerprint density at radius 3 is 1.98 bits per heavy atom. The van der Waals surface area contributed by atoms with E-state index in [4.69, 9.17) is 0 Å². The van der Waals surface area contributed by atoms with Gasteiger partial charge >= 0.3 is 0 Å². The first-order valence-electron chi connectivity index (χ1n) is 18.5. The van der Waals surface area contributed by atoms with Crippen LogP contribution in [-0.2, 0) is 5.41 Å². The summed E-state index contributed by atoms with van der Waals surface area (Å²) in [6, 6.07) is 61.2. The molecule has 254 valence electrons. The van der Waals surface area contributed by atoms with Crippen LogP contribution in [0.3, 0.4) is 0 Å². The third-order valence-corrected chi connectivity index (χ3v) is 13.9. The Morgan fingerprint density at radius 1 is 0.463 bits per heavy atom. The minimum atomic E-state index is -0.453. The lowest BCUT2D eigenvalue weighted by Crippen LogP contribution is -2.36. The number of fused-ring (bicyclic) bond motifs is 13. The molecule has 0 atom stereocenters. The zero-order valence-electron chi connectivity index (χ0n) is 29.5. The van der Waals surface area contributed by atoms with E-state index < -0.39 is 5.41 Å². The summed E-state index contributed by atoms with van der Waals surface area (Å²) in [5.41, 5.74) is 16.0. The van der Waals surface area contributed by atoms with E-state index in [9.17, 15) is 0 Å². The standard InChI is InChI=1S/C50H32N2S2/c1-31-27-35(21-22-37(31)33-12-3-2-4-13-33)52-45-18-10-8-16-40(45)50(41-23-25-53-48(41)49-42(50)24-26-54-49)43-30-46-39(29-47(43)52)38-15-7-9-17-44(38)51(46)36-20-19-32-11-5-6-14-34(32)28-36/h2-30H,1H3. The molecule has 3 aromatic heterocycles. The van der Waals surface area contributed by atoms with E-state index in [2.05, 4.69) is 191 Å². The fourth-order valence-corrected chi connectivity index (χ4v) is 11.7. The van der Waals surface area contributed by atoms with Gasteiger partial charge in [-0.2, -0.15) is 0 Å². The van der Waals surface area contributed by atoms with Crippen molar-refractivity contribution in [2.45, 2.75) is 12.3 Å². The molecule has 12 rings (SSSR count). The van der Waals surface area contributed by atoms with Gasteiger partial charge in [0.25, 0.3) is 0 Å². The van der Waals surface area contributed by atoms with E-state index in [1.54, 1.807) is 0 Å². The van der Waals surface area contributed by atoms with Crippen LogP contribution in [0.4, 0.5) is 17.1 Å². The van der Waals surface area contributed by atoms with E-state index in [-0.39, 0.29) is 0 Å². The largest absolute Gasteiger partial charge is 0.310 e. The number of rotatable bonds is 3. The van der Waals surface area contributed by atoms with E-state index in [0.717, 1.165) is 0 Å². The Morgan fingerprint density at radius 2 is 1.17 bits per heavy atom. The van der Waals surface area contributed by atoms with Gasteiger partial charge < -0.3 is 9.47 Å². The number of benzene rings is 7. The predicted molar refractivity (Wildman–Crippen MR) is 230 cm³/mol. The van der Waals surface area contributed by atoms with Gasteiger partial charge in [-0.3, -0.25) is 0 Å². The van der Waals surface area contributed by atoms with Crippen LogP contribution < -0.4 is 4.90 Å². The highest BCUT2D eigenvalue weighted by Gasteiger charge is 2.53. The smallest absolute Gasteiger partial charge is 0.0771 e. The molecule has 1 aliphatic carbocycles. The molecule has 54 heavy (non-hydrogen) atoms. The van der Waals surface area contributed by atoms with Crippen molar-refractivity contribution < 1.29 is 0 Å². The summed E-state index contributed by atoms with van der Waals surface area (Å²) < 4.78 is 2.49. The SMILES string of the molecule is Cc1cc(N2c3ccccc3C3(c4cc5c(cc42)c2ccccc2n5-c2ccc4ccccc4c2)c2ccsc2-c2sccc23)ccc1-c1ccccc1. The van der Waals surface area contributed by atoms with Gasteiger partial charge in [0.2, 0.25) is 0 Å². The number of hydrogen-bond acceptors (Lipinski definition) is 3. The minimum absolute atomic E-state index is 0.453. The molecular formula is C50H32N2S2. The van der Waals surface area contributed by atoms with Crippen LogP contribution in [-0.4, -0.2) is 4.57 Å². The normalized spacial score (nSPS) is 13.8. The molecule has 0 radical (unpaired) electrons. The van der Waals surface area contributed by atoms with Gasteiger partial charge in [-0.15, -0.1) is 22.7 Å². The molecule has 2 aliphatic rings. The second-order valence-electron chi connectivity index (χ2n) is 14.6. The van der Waals surface area contributed by atoms with Crippen LogP contribution in [0, 0.1) is 6.92 Å². The Hall–Kier alpha value is -6.20. The summed E-state index contributed by atoms with van der Waals surface area (Å²) in [7, 11) is 0. The third kappa shape index (κ3) is 3.94. The molecule has 1 spiro atoms. The van der Waals surface area contributed by atoms with Gasteiger partial charge in [0.05, 0.1) is 27.8 Å². The highest BCUT2D eigenvalue weighted by atomic mass is 32.1. The second-order valence-corrected chi connectivity index (χ2v) is 16.4. The maximum absolute atomic E-state index is 2.54. The average molecular weight is 725 g/mol. The average Bonchev–Trinajstić information content (AvgIpc) is 4.01. The van der Waals surface area contributed by atoms with Crippen molar-refractivity contribution >= 4 is 72.3 Å². The topological polar surface area (TPSA) is 8.17 Å². The molecular weight excluding hydrogens is 693 g/mol. The quantitative estimate of drug-likeness (QED) is 0.176. The molecule has 10 aromatic rings. The number of para-hydroxylation sites is 2. The highest BCUT2D eigenvalue weighted by molar-refractivity contribution is 7.21. The van der Waals surface area contributed by atoms with Crippen molar-refractivity contribution in [1.29, 1.82) is 0 Å². The maximum atomic E-state index is 2.54. The molecule has 2 nitrogen and oxygen atoms in total. The van der Waals surface area contributed by atoms with Crippen LogP contribution in [0.25, 0.3) is 59.1 Å². The number of aromatic nitrogens is 1. The lowest BCUT2D eigenvalue weighted by molar-refractivity contribution is 0.757. The van der Waals surface area contributed by atoms with Crippen molar-refractivity contribution in [3.63, 3.8) is 0 Å². The molecule has 0 amide bonds. The maximum Gasteiger partial charge on any atom is 0.0771 e. The fraction of sp³-hybridized carbons (Fsp3) is 0.0400.